The first-order chi connectivity index (χ1) is 8.93. The van der Waals surface area contributed by atoms with Crippen LogP contribution in [0, 0.1) is 0 Å². The maximum atomic E-state index is 14.3. The molecule has 1 unspecified atom stereocenters. The van der Waals surface area contributed by atoms with Crippen LogP contribution in [0.3, 0.4) is 0 Å². The summed E-state index contributed by atoms with van der Waals surface area (Å²) >= 11 is 0. The van der Waals surface area contributed by atoms with Gasteiger partial charge in [0.2, 0.25) is 0 Å². The Bertz CT molecular complexity index is 397. The lowest BCUT2D eigenvalue weighted by atomic mass is 10.7. The molecule has 0 saturated heterocycles. The highest BCUT2D eigenvalue weighted by molar-refractivity contribution is 7.89. The van der Waals surface area contributed by atoms with Crippen LogP contribution in [-0.4, -0.2) is 47.8 Å². The van der Waals surface area contributed by atoms with Gasteiger partial charge < -0.3 is 13.3 Å². The van der Waals surface area contributed by atoms with E-state index in [0.29, 0.717) is 0 Å². The van der Waals surface area contributed by atoms with Crippen molar-refractivity contribution in [2.45, 2.75) is 31.6 Å². The van der Waals surface area contributed by atoms with Crippen molar-refractivity contribution in [2.75, 3.05) is 19.8 Å². The van der Waals surface area contributed by atoms with E-state index in [4.69, 9.17) is 0 Å². The summed E-state index contributed by atoms with van der Waals surface area (Å²) in [7, 11) is -12.3. The van der Waals surface area contributed by atoms with Gasteiger partial charge in [0, 0.05) is 19.8 Å². The second-order valence-electron chi connectivity index (χ2n) is 3.39. The van der Waals surface area contributed by atoms with Crippen LogP contribution >= 0.6 is 0 Å². The zero-order chi connectivity index (χ0) is 16.2. The fourth-order valence-corrected chi connectivity index (χ4v) is 5.73. The van der Waals surface area contributed by atoms with Crippen molar-refractivity contribution in [3.8, 4) is 0 Å². The minimum atomic E-state index is -6.75. The minimum absolute atomic E-state index is 0.552. The van der Waals surface area contributed by atoms with Crippen molar-refractivity contribution in [2.24, 2.45) is 0 Å². The molecule has 20 heavy (non-hydrogen) atoms. The summed E-state index contributed by atoms with van der Waals surface area (Å²) < 4.78 is 95.7. The predicted molar refractivity (Wildman–Crippen MR) is 60.6 cm³/mol. The van der Waals surface area contributed by atoms with Crippen LogP contribution in [0.4, 0.5) is 21.4 Å². The monoisotopic (exact) mass is 346 g/mol. The number of rotatable bonds is 8. The van der Waals surface area contributed by atoms with Gasteiger partial charge in [-0.3, -0.25) is 0 Å². The summed E-state index contributed by atoms with van der Waals surface area (Å²) in [6.07, 6.45) is -6.12. The molecule has 12 heteroatoms. The molecule has 0 saturated carbocycles. The fourth-order valence-electron chi connectivity index (χ4n) is 1.43. The maximum Gasteiger partial charge on any atom is 0.571 e. The molecule has 0 spiro atoms. The Labute approximate surface area is 114 Å². The van der Waals surface area contributed by atoms with Crippen molar-refractivity contribution in [3.63, 3.8) is 0 Å². The Morgan fingerprint density at radius 3 is 1.35 bits per heavy atom. The van der Waals surface area contributed by atoms with Gasteiger partial charge in [-0.25, -0.2) is 4.39 Å². The molecule has 5 nitrogen and oxygen atoms in total. The third-order valence-corrected chi connectivity index (χ3v) is 7.56. The maximum absolute atomic E-state index is 14.3. The van der Waals surface area contributed by atoms with Gasteiger partial charge in [0.15, 0.2) is 0 Å². The Balaban J connectivity index is 6.28. The summed E-state index contributed by atoms with van der Waals surface area (Å²) in [5, 5.41) is 0. The topological polar surface area (TPSA) is 61.8 Å². The second kappa shape index (κ2) is 6.64. The molecule has 0 heterocycles. The van der Waals surface area contributed by atoms with Gasteiger partial charge in [-0.05, 0) is 20.8 Å². The van der Waals surface area contributed by atoms with E-state index in [1.54, 1.807) is 0 Å². The molecule has 0 aliphatic carbocycles. The average molecular weight is 346 g/mol. The van der Waals surface area contributed by atoms with E-state index in [2.05, 4.69) is 13.3 Å². The zero-order valence-corrected chi connectivity index (χ0v) is 12.8. The second-order valence-corrected chi connectivity index (χ2v) is 7.85. The molecule has 0 fully saturated rings. The van der Waals surface area contributed by atoms with E-state index in [9.17, 15) is 29.9 Å². The van der Waals surface area contributed by atoms with Gasteiger partial charge in [-0.1, -0.05) is 0 Å². The highest BCUT2D eigenvalue weighted by Crippen LogP contribution is 2.47. The summed E-state index contributed by atoms with van der Waals surface area (Å²) in [4.78, 5) is 0. The van der Waals surface area contributed by atoms with Gasteiger partial charge in [-0.15, -0.1) is 3.89 Å². The molecule has 122 valence electrons. The molecular formula is C8H15F5O5SSi. The number of alkyl halides is 4. The molecule has 0 rings (SSSR count). The molecule has 1 atom stereocenters. The lowest BCUT2D eigenvalue weighted by Gasteiger charge is -2.37. The summed E-state index contributed by atoms with van der Waals surface area (Å²) in [6.45, 7) is 1.85. The summed E-state index contributed by atoms with van der Waals surface area (Å²) in [5.41, 5.74) is 0. The Morgan fingerprint density at radius 1 is 0.900 bits per heavy atom. The van der Waals surface area contributed by atoms with E-state index in [1.165, 1.54) is 20.8 Å². The van der Waals surface area contributed by atoms with Gasteiger partial charge in [0.05, 0.1) is 0 Å². The first-order valence-electron chi connectivity index (χ1n) is 5.55. The van der Waals surface area contributed by atoms with Crippen LogP contribution in [0.15, 0.2) is 0 Å². The number of halogens is 5. The lowest BCUT2D eigenvalue weighted by molar-refractivity contribution is -0.194. The van der Waals surface area contributed by atoms with Crippen molar-refractivity contribution in [3.05, 3.63) is 0 Å². The predicted octanol–water partition coefficient (Wildman–Crippen LogP) is 2.10. The summed E-state index contributed by atoms with van der Waals surface area (Å²) in [5.74, 6) is 0. The largest absolute Gasteiger partial charge is 0.571 e. The van der Waals surface area contributed by atoms with Crippen LogP contribution in [-0.2, 0) is 23.5 Å². The van der Waals surface area contributed by atoms with Crippen molar-refractivity contribution in [1.82, 2.24) is 0 Å². The highest BCUT2D eigenvalue weighted by atomic mass is 32.3. The zero-order valence-electron chi connectivity index (χ0n) is 11.0. The van der Waals surface area contributed by atoms with Crippen LogP contribution < -0.4 is 0 Å². The standard InChI is InChI=1S/C8H15F5O5SSi/c1-4-16-20(17-5-2,18-6-3)8(12,7(9,10)11)19(13,14)15/h4-6H2,1-3H3. The molecule has 0 aromatic carbocycles. The molecule has 0 aromatic rings. The molecule has 0 aliphatic rings. The third kappa shape index (κ3) is 3.29. The van der Waals surface area contributed by atoms with E-state index >= 15 is 0 Å². The van der Waals surface area contributed by atoms with Crippen LogP contribution in [0.2, 0.25) is 0 Å². The van der Waals surface area contributed by atoms with E-state index < -0.39 is 49.6 Å². The van der Waals surface area contributed by atoms with Crippen molar-refractivity contribution >= 4 is 19.0 Å². The highest BCUT2D eigenvalue weighted by Gasteiger charge is 2.84. The molecule has 0 N–H and O–H groups in total. The molecule has 0 aromatic heterocycles. The number of hydrogen-bond acceptors (Lipinski definition) is 5. The molecule has 0 radical (unpaired) electrons. The lowest BCUT2D eigenvalue weighted by Crippen LogP contribution is -2.71. The van der Waals surface area contributed by atoms with E-state index in [-0.39, 0.29) is 0 Å². The normalized spacial score (nSPS) is 17.0. The van der Waals surface area contributed by atoms with Gasteiger partial charge in [-0.2, -0.15) is 21.6 Å². The third-order valence-electron chi connectivity index (χ3n) is 2.10. The Morgan fingerprint density at radius 2 is 1.20 bits per heavy atom. The minimum Gasteiger partial charge on any atom is -0.371 e. The Hall–Kier alpha value is -0.303. The average Bonchev–Trinajstić information content (AvgIpc) is 2.25. The van der Waals surface area contributed by atoms with Crippen LogP contribution in [0.25, 0.3) is 0 Å². The van der Waals surface area contributed by atoms with Gasteiger partial charge >= 0.3 is 29.8 Å². The Kier molecular flexibility index (Phi) is 6.54. The van der Waals surface area contributed by atoms with Crippen LogP contribution in [0.5, 0.6) is 0 Å². The molecular weight excluding hydrogens is 331 g/mol. The fraction of sp³-hybridized carbons (Fsp3) is 1.00. The quantitative estimate of drug-likeness (QED) is 0.383. The first-order valence-corrected chi connectivity index (χ1v) is 8.66. The molecule has 0 bridgehead atoms. The molecule has 0 amide bonds. The van der Waals surface area contributed by atoms with Crippen molar-refractivity contribution < 1.29 is 43.1 Å². The smallest absolute Gasteiger partial charge is 0.371 e. The number of hydrogen-bond donors (Lipinski definition) is 0. The molecule has 0 aliphatic heterocycles. The summed E-state index contributed by atoms with van der Waals surface area (Å²) in [6, 6.07) is 0. The van der Waals surface area contributed by atoms with E-state index in [1.807, 2.05) is 0 Å². The van der Waals surface area contributed by atoms with E-state index in [0.717, 1.165) is 0 Å². The first kappa shape index (κ1) is 19.7. The SMILES string of the molecule is CCO[Si](OCC)(OCC)C(F)(C(F)(F)F)S(=O)(=O)F. The van der Waals surface area contributed by atoms with Gasteiger partial charge in [0.1, 0.15) is 0 Å². The van der Waals surface area contributed by atoms with Gasteiger partial charge in [0.25, 0.3) is 0 Å². The van der Waals surface area contributed by atoms with Crippen LogP contribution in [0.1, 0.15) is 20.8 Å². The van der Waals surface area contributed by atoms with Crippen molar-refractivity contribution in [1.29, 1.82) is 0 Å².